The van der Waals surface area contributed by atoms with Crippen LogP contribution < -0.4 is 0 Å². The summed E-state index contributed by atoms with van der Waals surface area (Å²) in [5, 5.41) is 13.9. The van der Waals surface area contributed by atoms with Crippen LogP contribution in [-0.4, -0.2) is 63.4 Å². The molecule has 0 aliphatic heterocycles. The van der Waals surface area contributed by atoms with Crippen LogP contribution in [0, 0.1) is 5.92 Å². The molecule has 1 unspecified atom stereocenters. The standard InChI is InChI=1S/C60H62N4O9/c1-7-11-16-40(9-3)37-63-54-29-23-42(52(61-72-38(5)65)27-31-57(67)70-10-4)35-49(54)50-36-51(45-17-12-13-19-47(45)59(50)63)60(69)41-21-25-44(26-22-41)64-55-20-15-14-18-46(55)48-34-43(24-30-56(48)64)53(62-73-39(6)66)28-32-58(68)71-33-8-2/h12-15,17-26,29-30,34-36,40H,7-11,16,27-28,31-33,37H2,1-6H3/b61-52+,62-53+. The fraction of sp³-hybridized carbons (Fsp3) is 0.317. The SMILES string of the molecule is CCCCC(CC)Cn1c2ccc(/C(CCC(=O)OCC)=N/OC(C)=O)cc2c2cc(C(=O)c3ccc(-n4c5ccccc5c5cc(/C(CCC(=O)OCCC)=N/OC(C)=O)ccc54)cc3)c3ccccc3c21. The molecule has 0 N–H and O–H groups in total. The molecule has 2 heterocycles. The van der Waals surface area contributed by atoms with Crippen LogP contribution in [0.15, 0.2) is 126 Å². The highest BCUT2D eigenvalue weighted by atomic mass is 16.7. The number of carbonyl (C=O) groups is 5. The van der Waals surface area contributed by atoms with Crippen LogP contribution >= 0.6 is 0 Å². The number of hydrogen-bond donors (Lipinski definition) is 0. The number of aromatic nitrogens is 2. The van der Waals surface area contributed by atoms with E-state index in [0.717, 1.165) is 92.3 Å². The highest BCUT2D eigenvalue weighted by molar-refractivity contribution is 6.26. The average molecular weight is 983 g/mol. The molecule has 0 fully saturated rings. The van der Waals surface area contributed by atoms with E-state index in [1.165, 1.54) is 13.8 Å². The number of para-hydroxylation sites is 1. The van der Waals surface area contributed by atoms with Gasteiger partial charge in [0.05, 0.1) is 54.0 Å². The minimum atomic E-state index is -0.575. The Labute approximate surface area is 424 Å². The summed E-state index contributed by atoms with van der Waals surface area (Å²) < 4.78 is 15.1. The zero-order valence-corrected chi connectivity index (χ0v) is 42.5. The van der Waals surface area contributed by atoms with E-state index < -0.39 is 11.9 Å². The van der Waals surface area contributed by atoms with Crippen molar-refractivity contribution in [2.24, 2.45) is 16.2 Å². The number of carbonyl (C=O) groups excluding carboxylic acids is 5. The summed E-state index contributed by atoms with van der Waals surface area (Å²) in [5.41, 5.74) is 8.09. The fourth-order valence-electron chi connectivity index (χ4n) is 9.73. The number of ketones is 1. The summed E-state index contributed by atoms with van der Waals surface area (Å²) in [7, 11) is 0. The van der Waals surface area contributed by atoms with Gasteiger partial charge in [-0.25, -0.2) is 9.59 Å². The van der Waals surface area contributed by atoms with Gasteiger partial charge in [-0.3, -0.25) is 14.4 Å². The predicted molar refractivity (Wildman–Crippen MR) is 287 cm³/mol. The molecule has 8 rings (SSSR count). The second-order valence-corrected chi connectivity index (χ2v) is 18.4. The van der Waals surface area contributed by atoms with Gasteiger partial charge in [-0.15, -0.1) is 0 Å². The summed E-state index contributed by atoms with van der Waals surface area (Å²) >= 11 is 0. The first-order chi connectivity index (χ1) is 35.4. The summed E-state index contributed by atoms with van der Waals surface area (Å²) in [6.45, 7) is 12.1. The molecule has 0 bridgehead atoms. The quantitative estimate of drug-likeness (QED) is 0.0212. The van der Waals surface area contributed by atoms with Gasteiger partial charge in [0.1, 0.15) is 0 Å². The summed E-state index contributed by atoms with van der Waals surface area (Å²) in [6.07, 6.45) is 5.58. The molecular formula is C60H62N4O9. The van der Waals surface area contributed by atoms with E-state index in [9.17, 15) is 19.2 Å². The Kier molecular flexibility index (Phi) is 16.6. The Morgan fingerprint density at radius 2 is 1.11 bits per heavy atom. The minimum Gasteiger partial charge on any atom is -0.466 e. The lowest BCUT2D eigenvalue weighted by atomic mass is 9.94. The number of ether oxygens (including phenoxy) is 2. The molecule has 0 spiro atoms. The topological polar surface area (TPSA) is 157 Å². The van der Waals surface area contributed by atoms with Crippen molar-refractivity contribution in [3.63, 3.8) is 0 Å². The van der Waals surface area contributed by atoms with E-state index in [-0.39, 0.29) is 50.0 Å². The smallest absolute Gasteiger partial charge is 0.331 e. The van der Waals surface area contributed by atoms with Gasteiger partial charge in [-0.05, 0) is 91.7 Å². The highest BCUT2D eigenvalue weighted by Crippen LogP contribution is 2.39. The molecule has 0 aliphatic rings. The summed E-state index contributed by atoms with van der Waals surface area (Å²) in [6, 6.07) is 37.8. The molecule has 0 radical (unpaired) electrons. The molecular weight excluding hydrogens is 921 g/mol. The van der Waals surface area contributed by atoms with Gasteiger partial charge in [0.15, 0.2) is 5.78 Å². The van der Waals surface area contributed by atoms with Crippen molar-refractivity contribution in [2.45, 2.75) is 106 Å². The molecule has 6 aromatic carbocycles. The average Bonchev–Trinajstić information content (AvgIpc) is 3.90. The summed E-state index contributed by atoms with van der Waals surface area (Å²) in [4.78, 5) is 74.1. The lowest BCUT2D eigenvalue weighted by molar-refractivity contribution is -0.144. The molecule has 376 valence electrons. The van der Waals surface area contributed by atoms with E-state index in [4.69, 9.17) is 19.1 Å². The van der Waals surface area contributed by atoms with Crippen molar-refractivity contribution in [3.05, 3.63) is 138 Å². The lowest BCUT2D eigenvalue weighted by Crippen LogP contribution is -2.11. The van der Waals surface area contributed by atoms with E-state index in [0.29, 0.717) is 52.6 Å². The number of fused-ring (bicyclic) bond motifs is 8. The number of unbranched alkanes of at least 4 members (excludes halogenated alkanes) is 1. The van der Waals surface area contributed by atoms with Crippen molar-refractivity contribution < 1.29 is 43.1 Å². The Morgan fingerprint density at radius 3 is 1.71 bits per heavy atom. The van der Waals surface area contributed by atoms with Crippen LogP contribution in [0.3, 0.4) is 0 Å². The Bertz CT molecular complexity index is 3430. The molecule has 0 amide bonds. The molecule has 1 atom stereocenters. The van der Waals surface area contributed by atoms with Crippen molar-refractivity contribution in [2.75, 3.05) is 13.2 Å². The number of oxime groups is 2. The first kappa shape index (κ1) is 51.4. The van der Waals surface area contributed by atoms with Gasteiger partial charge in [-0.2, -0.15) is 0 Å². The van der Waals surface area contributed by atoms with Crippen LogP contribution in [0.5, 0.6) is 0 Å². The maximum Gasteiger partial charge on any atom is 0.331 e. The zero-order chi connectivity index (χ0) is 51.6. The molecule has 13 nitrogen and oxygen atoms in total. The molecule has 13 heteroatoms. The Hall–Kier alpha value is -7.93. The maximum atomic E-state index is 15.1. The van der Waals surface area contributed by atoms with Crippen LogP contribution in [0.4, 0.5) is 0 Å². The second kappa shape index (κ2) is 23.5. The normalized spacial score (nSPS) is 12.5. The van der Waals surface area contributed by atoms with Crippen LogP contribution in [0.2, 0.25) is 0 Å². The monoisotopic (exact) mass is 982 g/mol. The predicted octanol–water partition coefficient (Wildman–Crippen LogP) is 13.1. The number of esters is 2. The Balaban J connectivity index is 1.22. The second-order valence-electron chi connectivity index (χ2n) is 18.4. The highest BCUT2D eigenvalue weighted by Gasteiger charge is 2.24. The van der Waals surface area contributed by atoms with Crippen LogP contribution in [0.1, 0.15) is 126 Å². The van der Waals surface area contributed by atoms with Crippen molar-refractivity contribution in [3.8, 4) is 5.69 Å². The van der Waals surface area contributed by atoms with E-state index in [1.807, 2.05) is 110 Å². The van der Waals surface area contributed by atoms with E-state index in [1.54, 1.807) is 6.92 Å². The first-order valence-electron chi connectivity index (χ1n) is 25.4. The Morgan fingerprint density at radius 1 is 0.548 bits per heavy atom. The van der Waals surface area contributed by atoms with Crippen LogP contribution in [0.25, 0.3) is 60.1 Å². The van der Waals surface area contributed by atoms with Gasteiger partial charge in [0, 0.05) is 93.6 Å². The molecule has 0 saturated carbocycles. The van der Waals surface area contributed by atoms with Crippen molar-refractivity contribution in [1.82, 2.24) is 9.13 Å². The third-order valence-corrected chi connectivity index (χ3v) is 13.3. The molecule has 0 aliphatic carbocycles. The van der Waals surface area contributed by atoms with Gasteiger partial charge in [0.25, 0.3) is 0 Å². The largest absolute Gasteiger partial charge is 0.466 e. The van der Waals surface area contributed by atoms with Crippen molar-refractivity contribution >= 4 is 95.5 Å². The summed E-state index contributed by atoms with van der Waals surface area (Å²) in [5.74, 6) is -1.58. The van der Waals surface area contributed by atoms with Gasteiger partial charge in [-0.1, -0.05) is 105 Å². The van der Waals surface area contributed by atoms with Crippen molar-refractivity contribution in [1.29, 1.82) is 0 Å². The number of rotatable bonds is 22. The number of benzene rings is 6. The lowest BCUT2D eigenvalue weighted by Gasteiger charge is -2.18. The molecule has 73 heavy (non-hydrogen) atoms. The molecule has 0 saturated heterocycles. The van der Waals surface area contributed by atoms with Gasteiger partial charge in [0.2, 0.25) is 0 Å². The van der Waals surface area contributed by atoms with E-state index >= 15 is 4.79 Å². The third-order valence-electron chi connectivity index (χ3n) is 13.3. The maximum absolute atomic E-state index is 15.1. The molecule has 2 aromatic heterocycles. The van der Waals surface area contributed by atoms with Gasteiger partial charge < -0.3 is 28.3 Å². The fourth-order valence-corrected chi connectivity index (χ4v) is 9.73. The minimum absolute atomic E-state index is 0.0537. The first-order valence-corrected chi connectivity index (χ1v) is 25.4. The number of nitrogens with zero attached hydrogens (tertiary/aromatic N) is 4. The van der Waals surface area contributed by atoms with Gasteiger partial charge >= 0.3 is 23.9 Å². The molecule has 8 aromatic rings. The number of hydrogen-bond acceptors (Lipinski definition) is 11. The van der Waals surface area contributed by atoms with Crippen LogP contribution in [-0.2, 0) is 44.9 Å². The zero-order valence-electron chi connectivity index (χ0n) is 42.5. The van der Waals surface area contributed by atoms with E-state index in [2.05, 4.69) is 45.4 Å². The third kappa shape index (κ3) is 11.4.